The highest BCUT2D eigenvalue weighted by atomic mass is 16.5. The van der Waals surface area contributed by atoms with Crippen LogP contribution in [0.2, 0.25) is 0 Å². The topological polar surface area (TPSA) is 76.2 Å². The molecule has 1 aliphatic rings. The Labute approximate surface area is 223 Å². The first-order valence-electron chi connectivity index (χ1n) is 12.6. The van der Waals surface area contributed by atoms with Gasteiger partial charge >= 0.3 is 5.97 Å². The first-order chi connectivity index (χ1) is 18.3. The summed E-state index contributed by atoms with van der Waals surface area (Å²) in [5, 5.41) is 0. The van der Waals surface area contributed by atoms with E-state index >= 15 is 0 Å². The van der Waals surface area contributed by atoms with Gasteiger partial charge in [-0.3, -0.25) is 19.3 Å². The van der Waals surface area contributed by atoms with E-state index in [0.717, 1.165) is 11.1 Å². The zero-order valence-corrected chi connectivity index (χ0v) is 21.9. The number of benzene rings is 3. The highest BCUT2D eigenvalue weighted by molar-refractivity contribution is 5.99. The van der Waals surface area contributed by atoms with Crippen LogP contribution in [0.5, 0.6) is 5.75 Å². The van der Waals surface area contributed by atoms with E-state index in [1.165, 1.54) is 16.7 Å². The first kappa shape index (κ1) is 26.7. The molecule has 0 aromatic heterocycles. The fourth-order valence-electron chi connectivity index (χ4n) is 4.36. The van der Waals surface area contributed by atoms with Crippen molar-refractivity contribution in [3.8, 4) is 5.75 Å². The second-order valence-electron chi connectivity index (χ2n) is 9.50. The molecule has 0 N–H and O–H groups in total. The molecule has 0 fully saturated rings. The minimum atomic E-state index is -0.726. The minimum Gasteiger partial charge on any atom is -0.489 e. The number of carbonyl (C=O) groups is 3. The number of hydrogen-bond donors (Lipinski definition) is 0. The molecule has 0 unspecified atom stereocenters. The third-order valence-corrected chi connectivity index (χ3v) is 6.27. The average molecular weight is 513 g/mol. The van der Waals surface area contributed by atoms with E-state index in [2.05, 4.69) is 0 Å². The number of nitrogens with zero attached hydrogens (tertiary/aromatic N) is 2. The predicted octanol–water partition coefficient (Wildman–Crippen LogP) is 5.02. The Hall–Kier alpha value is -4.39. The normalized spacial score (nSPS) is 15.3. The third kappa shape index (κ3) is 6.48. The van der Waals surface area contributed by atoms with Gasteiger partial charge in [0.2, 0.25) is 5.91 Å². The molecule has 2 amide bonds. The lowest BCUT2D eigenvalue weighted by molar-refractivity contribution is -0.151. The molecular weight excluding hydrogens is 480 g/mol. The Balaban J connectivity index is 1.61. The maximum Gasteiger partial charge on any atom is 0.326 e. The Kier molecular flexibility index (Phi) is 8.58. The van der Waals surface area contributed by atoms with Crippen molar-refractivity contribution >= 4 is 23.5 Å². The van der Waals surface area contributed by atoms with Gasteiger partial charge in [0, 0.05) is 18.7 Å². The number of carbonyl (C=O) groups excluding carboxylic acids is 3. The zero-order valence-electron chi connectivity index (χ0n) is 21.9. The SMILES string of the molecule is CC(=O)N1C=C(c2cccc(OCc3ccccc3)c2)N(CC(=O)OCc2ccccc2)C(=O)[C@H]1C(C)C. The molecule has 0 spiro atoms. The van der Waals surface area contributed by atoms with Gasteiger partial charge in [0.1, 0.15) is 31.5 Å². The van der Waals surface area contributed by atoms with Crippen LogP contribution < -0.4 is 4.74 Å². The van der Waals surface area contributed by atoms with Crippen LogP contribution in [0.25, 0.3) is 5.70 Å². The second-order valence-corrected chi connectivity index (χ2v) is 9.50. The smallest absolute Gasteiger partial charge is 0.326 e. The van der Waals surface area contributed by atoms with Crippen LogP contribution in [0.3, 0.4) is 0 Å². The van der Waals surface area contributed by atoms with Crippen molar-refractivity contribution in [2.75, 3.05) is 6.54 Å². The van der Waals surface area contributed by atoms with Crippen LogP contribution in [-0.4, -0.2) is 40.2 Å². The summed E-state index contributed by atoms with van der Waals surface area (Å²) in [6, 6.07) is 25.7. The summed E-state index contributed by atoms with van der Waals surface area (Å²) in [5.41, 5.74) is 2.96. The van der Waals surface area contributed by atoms with Crippen molar-refractivity contribution in [2.45, 2.75) is 40.0 Å². The molecule has 196 valence electrons. The van der Waals surface area contributed by atoms with Crippen LogP contribution >= 0.6 is 0 Å². The molecule has 3 aromatic rings. The van der Waals surface area contributed by atoms with Gasteiger partial charge in [-0.1, -0.05) is 86.6 Å². The lowest BCUT2D eigenvalue weighted by Crippen LogP contribution is -2.55. The summed E-state index contributed by atoms with van der Waals surface area (Å²) in [4.78, 5) is 42.0. The lowest BCUT2D eigenvalue weighted by Gasteiger charge is -2.40. The predicted molar refractivity (Wildman–Crippen MR) is 144 cm³/mol. The summed E-state index contributed by atoms with van der Waals surface area (Å²) in [6.45, 7) is 5.40. The molecule has 38 heavy (non-hydrogen) atoms. The van der Waals surface area contributed by atoms with Crippen LogP contribution in [0.1, 0.15) is 37.5 Å². The monoisotopic (exact) mass is 512 g/mol. The van der Waals surface area contributed by atoms with Gasteiger partial charge in [0.15, 0.2) is 0 Å². The molecule has 7 heteroatoms. The number of ether oxygens (including phenoxy) is 2. The number of hydrogen-bond acceptors (Lipinski definition) is 5. The number of amides is 2. The maximum absolute atomic E-state index is 13.7. The molecule has 1 heterocycles. The minimum absolute atomic E-state index is 0.108. The van der Waals surface area contributed by atoms with Gasteiger partial charge in [-0.2, -0.15) is 0 Å². The van der Waals surface area contributed by atoms with E-state index in [0.29, 0.717) is 23.6 Å². The van der Waals surface area contributed by atoms with E-state index in [1.54, 1.807) is 12.3 Å². The maximum atomic E-state index is 13.7. The molecule has 0 radical (unpaired) electrons. The quantitative estimate of drug-likeness (QED) is 0.376. The van der Waals surface area contributed by atoms with Crippen molar-refractivity contribution in [1.82, 2.24) is 9.80 Å². The van der Waals surface area contributed by atoms with E-state index in [1.807, 2.05) is 92.7 Å². The molecule has 0 saturated carbocycles. The van der Waals surface area contributed by atoms with Crippen molar-refractivity contribution in [3.05, 3.63) is 108 Å². The van der Waals surface area contributed by atoms with Crippen LogP contribution in [0, 0.1) is 5.92 Å². The molecule has 1 aliphatic heterocycles. The van der Waals surface area contributed by atoms with E-state index in [9.17, 15) is 14.4 Å². The largest absolute Gasteiger partial charge is 0.489 e. The summed E-state index contributed by atoms with van der Waals surface area (Å²) in [6.07, 6.45) is 1.65. The molecule has 7 nitrogen and oxygen atoms in total. The zero-order chi connectivity index (χ0) is 27.1. The van der Waals surface area contributed by atoms with Crippen LogP contribution in [-0.2, 0) is 32.3 Å². The fourth-order valence-corrected chi connectivity index (χ4v) is 4.36. The van der Waals surface area contributed by atoms with Crippen molar-refractivity contribution in [1.29, 1.82) is 0 Å². The summed E-state index contributed by atoms with van der Waals surface area (Å²) < 4.78 is 11.5. The fraction of sp³-hybridized carbons (Fsp3) is 0.258. The highest BCUT2D eigenvalue weighted by Crippen LogP contribution is 2.31. The van der Waals surface area contributed by atoms with Crippen molar-refractivity contribution in [2.24, 2.45) is 5.92 Å². The Morgan fingerprint density at radius 2 is 1.50 bits per heavy atom. The van der Waals surface area contributed by atoms with Gasteiger partial charge in [0.25, 0.3) is 5.91 Å². The molecule has 1 atom stereocenters. The lowest BCUT2D eigenvalue weighted by atomic mass is 9.97. The second kappa shape index (κ2) is 12.2. The molecule has 0 bridgehead atoms. The van der Waals surface area contributed by atoms with E-state index in [-0.39, 0.29) is 30.9 Å². The average Bonchev–Trinajstić information content (AvgIpc) is 2.92. The Morgan fingerprint density at radius 3 is 2.11 bits per heavy atom. The van der Waals surface area contributed by atoms with E-state index < -0.39 is 12.0 Å². The molecular formula is C31H32N2O5. The molecule has 3 aromatic carbocycles. The van der Waals surface area contributed by atoms with Gasteiger partial charge in [-0.25, -0.2) is 0 Å². The Bertz CT molecular complexity index is 1300. The standard InChI is InChI=1S/C31H32N2O5/c1-22(2)30-31(36)33(19-29(35)38-21-25-13-8-5-9-14-25)28(18-32(30)23(3)34)26-15-10-16-27(17-26)37-20-24-11-6-4-7-12-24/h4-18,22,30H,19-21H2,1-3H3/t30-/m1/s1. The molecule has 0 saturated heterocycles. The van der Waals surface area contributed by atoms with Gasteiger partial charge in [0.05, 0.1) is 5.70 Å². The van der Waals surface area contributed by atoms with Crippen LogP contribution in [0.15, 0.2) is 91.1 Å². The summed E-state index contributed by atoms with van der Waals surface area (Å²) in [5.74, 6) is -0.681. The number of rotatable bonds is 9. The van der Waals surface area contributed by atoms with Crippen LogP contribution in [0.4, 0.5) is 0 Å². The highest BCUT2D eigenvalue weighted by Gasteiger charge is 2.40. The summed E-state index contributed by atoms with van der Waals surface area (Å²) >= 11 is 0. The third-order valence-electron chi connectivity index (χ3n) is 6.27. The van der Waals surface area contributed by atoms with Crippen molar-refractivity contribution < 1.29 is 23.9 Å². The van der Waals surface area contributed by atoms with Crippen molar-refractivity contribution in [3.63, 3.8) is 0 Å². The van der Waals surface area contributed by atoms with E-state index in [4.69, 9.17) is 9.47 Å². The van der Waals surface area contributed by atoms with Gasteiger partial charge in [-0.15, -0.1) is 0 Å². The number of esters is 1. The summed E-state index contributed by atoms with van der Waals surface area (Å²) in [7, 11) is 0. The molecule has 0 aliphatic carbocycles. The van der Waals surface area contributed by atoms with Gasteiger partial charge < -0.3 is 14.4 Å². The molecule has 4 rings (SSSR count). The Morgan fingerprint density at radius 1 is 0.868 bits per heavy atom. The van der Waals surface area contributed by atoms with Gasteiger partial charge in [-0.05, 0) is 29.2 Å². The first-order valence-corrected chi connectivity index (χ1v) is 12.6.